The summed E-state index contributed by atoms with van der Waals surface area (Å²) in [7, 11) is -3.16. The van der Waals surface area contributed by atoms with Crippen LogP contribution in [0.1, 0.15) is 24.8 Å². The molecule has 2 fully saturated rings. The molecule has 3 rings (SSSR count). The van der Waals surface area contributed by atoms with E-state index in [4.69, 9.17) is 4.74 Å². The molecule has 7 nitrogen and oxygen atoms in total. The van der Waals surface area contributed by atoms with E-state index in [1.807, 2.05) is 24.0 Å². The van der Waals surface area contributed by atoms with E-state index in [1.165, 1.54) is 10.6 Å². The maximum atomic E-state index is 12.7. The van der Waals surface area contributed by atoms with Crippen LogP contribution in [0.5, 0.6) is 5.88 Å². The van der Waals surface area contributed by atoms with Crippen LogP contribution < -0.4 is 4.74 Å². The minimum atomic E-state index is -3.16. The molecule has 2 aliphatic heterocycles. The second-order valence-corrected chi connectivity index (χ2v) is 8.91. The Bertz CT molecular complexity index is 712. The summed E-state index contributed by atoms with van der Waals surface area (Å²) < 4.78 is 30.5. The van der Waals surface area contributed by atoms with Gasteiger partial charge >= 0.3 is 0 Å². The maximum Gasteiger partial charge on any atom is 0.225 e. The molecule has 1 unspecified atom stereocenters. The van der Waals surface area contributed by atoms with Crippen LogP contribution in [0.25, 0.3) is 0 Å². The maximum absolute atomic E-state index is 12.7. The van der Waals surface area contributed by atoms with Crippen molar-refractivity contribution in [2.45, 2.75) is 32.3 Å². The van der Waals surface area contributed by atoms with Crippen molar-refractivity contribution in [2.24, 2.45) is 5.92 Å². The van der Waals surface area contributed by atoms with Crippen molar-refractivity contribution < 1.29 is 17.9 Å². The molecule has 2 saturated heterocycles. The van der Waals surface area contributed by atoms with Crippen LogP contribution >= 0.6 is 0 Å². The summed E-state index contributed by atoms with van der Waals surface area (Å²) in [6.45, 7) is 4.08. The lowest BCUT2D eigenvalue weighted by molar-refractivity contribution is -0.135. The summed E-state index contributed by atoms with van der Waals surface area (Å²) in [6, 6.07) is 3.80. The van der Waals surface area contributed by atoms with Gasteiger partial charge < -0.3 is 9.64 Å². The Morgan fingerprint density at radius 3 is 2.52 bits per heavy atom. The van der Waals surface area contributed by atoms with E-state index >= 15 is 0 Å². The van der Waals surface area contributed by atoms with Crippen molar-refractivity contribution in [1.82, 2.24) is 14.2 Å². The van der Waals surface area contributed by atoms with Gasteiger partial charge in [-0.25, -0.2) is 17.7 Å². The molecule has 8 heteroatoms. The van der Waals surface area contributed by atoms with Crippen molar-refractivity contribution in [3.05, 3.63) is 23.9 Å². The lowest BCUT2D eigenvalue weighted by atomic mass is 9.97. The zero-order valence-electron chi connectivity index (χ0n) is 14.7. The van der Waals surface area contributed by atoms with Crippen molar-refractivity contribution in [3.8, 4) is 5.88 Å². The molecule has 0 spiro atoms. The monoisotopic (exact) mass is 367 g/mol. The van der Waals surface area contributed by atoms with Gasteiger partial charge in [-0.3, -0.25) is 4.79 Å². The topological polar surface area (TPSA) is 79.8 Å². The lowest BCUT2D eigenvalue weighted by Gasteiger charge is -2.31. The van der Waals surface area contributed by atoms with Crippen molar-refractivity contribution >= 4 is 15.9 Å². The van der Waals surface area contributed by atoms with Gasteiger partial charge in [0.2, 0.25) is 21.8 Å². The number of ether oxygens (including phenoxy) is 1. The Balaban J connectivity index is 1.50. The summed E-state index contributed by atoms with van der Waals surface area (Å²) >= 11 is 0. The number of amides is 1. The number of pyridine rings is 1. The van der Waals surface area contributed by atoms with Gasteiger partial charge in [0.15, 0.2) is 0 Å². The molecule has 1 amide bonds. The highest BCUT2D eigenvalue weighted by atomic mass is 32.2. The molecule has 0 radical (unpaired) electrons. The highest BCUT2D eigenvalue weighted by molar-refractivity contribution is 7.88. The van der Waals surface area contributed by atoms with E-state index in [-0.39, 0.29) is 17.9 Å². The van der Waals surface area contributed by atoms with Gasteiger partial charge in [0, 0.05) is 44.2 Å². The Labute approximate surface area is 149 Å². The predicted octanol–water partition coefficient (Wildman–Crippen LogP) is 1.04. The van der Waals surface area contributed by atoms with Crippen LogP contribution in [0, 0.1) is 12.8 Å². The van der Waals surface area contributed by atoms with Gasteiger partial charge in [0.05, 0.1) is 12.8 Å². The number of carbonyl (C=O) groups excluding carboxylic acids is 1. The molecule has 1 atom stereocenters. The largest absolute Gasteiger partial charge is 0.472 e. The number of likely N-dealkylation sites (tertiary alicyclic amines) is 1. The minimum Gasteiger partial charge on any atom is -0.472 e. The molecular weight excluding hydrogens is 342 g/mol. The van der Waals surface area contributed by atoms with Gasteiger partial charge in [-0.15, -0.1) is 0 Å². The van der Waals surface area contributed by atoms with Crippen LogP contribution in [0.3, 0.4) is 0 Å². The van der Waals surface area contributed by atoms with Crippen LogP contribution in [-0.4, -0.2) is 67.1 Å². The van der Waals surface area contributed by atoms with Gasteiger partial charge in [-0.2, -0.15) is 0 Å². The molecule has 1 aromatic rings. The Hall–Kier alpha value is -1.67. The molecule has 0 aromatic carbocycles. The summed E-state index contributed by atoms with van der Waals surface area (Å²) in [5.74, 6) is 0.622. The van der Waals surface area contributed by atoms with E-state index in [0.29, 0.717) is 44.9 Å². The first-order valence-corrected chi connectivity index (χ1v) is 10.5. The van der Waals surface area contributed by atoms with E-state index in [2.05, 4.69) is 4.98 Å². The zero-order valence-corrected chi connectivity index (χ0v) is 15.5. The molecule has 25 heavy (non-hydrogen) atoms. The fraction of sp³-hybridized carbons (Fsp3) is 0.647. The zero-order chi connectivity index (χ0) is 18.0. The summed E-state index contributed by atoms with van der Waals surface area (Å²) in [5, 5.41) is 0. The van der Waals surface area contributed by atoms with E-state index in [9.17, 15) is 13.2 Å². The Kier molecular flexibility index (Phi) is 5.29. The first kappa shape index (κ1) is 18.1. The normalized spacial score (nSPS) is 23.0. The molecule has 1 aromatic heterocycles. The first-order chi connectivity index (χ1) is 11.8. The highest BCUT2D eigenvalue weighted by Crippen LogP contribution is 2.24. The minimum absolute atomic E-state index is 0.0322. The number of sulfonamides is 1. The lowest BCUT2D eigenvalue weighted by Crippen LogP contribution is -2.43. The predicted molar refractivity (Wildman–Crippen MR) is 93.7 cm³/mol. The number of aryl methyl sites for hydroxylation is 1. The van der Waals surface area contributed by atoms with E-state index in [0.717, 1.165) is 12.0 Å². The highest BCUT2D eigenvalue weighted by Gasteiger charge is 2.35. The first-order valence-electron chi connectivity index (χ1n) is 8.66. The number of piperidine rings is 1. The third-order valence-electron chi connectivity index (χ3n) is 4.90. The van der Waals surface area contributed by atoms with Gasteiger partial charge in [0.25, 0.3) is 0 Å². The van der Waals surface area contributed by atoms with Gasteiger partial charge in [-0.05, 0) is 25.3 Å². The number of hydrogen-bond donors (Lipinski definition) is 0. The molecule has 0 bridgehead atoms. The van der Waals surface area contributed by atoms with Crippen LogP contribution in [0.15, 0.2) is 18.3 Å². The second kappa shape index (κ2) is 7.29. The fourth-order valence-electron chi connectivity index (χ4n) is 3.41. The Morgan fingerprint density at radius 1 is 1.20 bits per heavy atom. The van der Waals surface area contributed by atoms with Crippen molar-refractivity contribution in [2.75, 3.05) is 32.4 Å². The van der Waals surface area contributed by atoms with E-state index in [1.54, 1.807) is 6.20 Å². The number of carbonyl (C=O) groups is 1. The summed E-state index contributed by atoms with van der Waals surface area (Å²) in [5.41, 5.74) is 1.08. The average molecular weight is 367 g/mol. The second-order valence-electron chi connectivity index (χ2n) is 6.92. The quantitative estimate of drug-likeness (QED) is 0.794. The molecule has 0 saturated carbocycles. The van der Waals surface area contributed by atoms with Crippen molar-refractivity contribution in [3.63, 3.8) is 0 Å². The van der Waals surface area contributed by atoms with E-state index < -0.39 is 10.0 Å². The summed E-state index contributed by atoms with van der Waals surface area (Å²) in [6.07, 6.45) is 4.93. The number of hydrogen-bond acceptors (Lipinski definition) is 5. The van der Waals surface area contributed by atoms with Crippen LogP contribution in [0.2, 0.25) is 0 Å². The molecule has 0 N–H and O–H groups in total. The van der Waals surface area contributed by atoms with Gasteiger partial charge in [0.1, 0.15) is 6.10 Å². The van der Waals surface area contributed by atoms with Crippen LogP contribution in [0.4, 0.5) is 0 Å². The third-order valence-corrected chi connectivity index (χ3v) is 6.20. The SMILES string of the molecule is Cc1ccc(OC2CCN(C(=O)C3CCN(S(C)(=O)=O)CC3)C2)nc1. The van der Waals surface area contributed by atoms with Gasteiger partial charge in [-0.1, -0.05) is 6.07 Å². The molecule has 0 aliphatic carbocycles. The third kappa shape index (κ3) is 4.49. The molecule has 2 aliphatic rings. The number of aromatic nitrogens is 1. The standard InChI is InChI=1S/C17H25N3O4S/c1-13-3-4-16(18-11-13)24-15-7-8-19(12-15)17(21)14-5-9-20(10-6-14)25(2,22)23/h3-4,11,14-15H,5-10,12H2,1-2H3. The Morgan fingerprint density at radius 2 is 1.92 bits per heavy atom. The fourth-order valence-corrected chi connectivity index (χ4v) is 4.29. The molecule has 3 heterocycles. The smallest absolute Gasteiger partial charge is 0.225 e. The number of nitrogens with zero attached hydrogens (tertiary/aromatic N) is 3. The molecular formula is C17H25N3O4S. The summed E-state index contributed by atoms with van der Waals surface area (Å²) in [4.78, 5) is 18.8. The van der Waals surface area contributed by atoms with Crippen LogP contribution in [-0.2, 0) is 14.8 Å². The van der Waals surface area contributed by atoms with Crippen molar-refractivity contribution in [1.29, 1.82) is 0 Å². The average Bonchev–Trinajstić information content (AvgIpc) is 3.04. The number of rotatable bonds is 4. The molecule has 138 valence electrons.